The number of hydrogen-bond donors (Lipinski definition) is 3. The Bertz CT molecular complexity index is 1250. The highest BCUT2D eigenvalue weighted by Crippen LogP contribution is 2.29. The Morgan fingerprint density at radius 2 is 1.40 bits per heavy atom. The van der Waals surface area contributed by atoms with Crippen molar-refractivity contribution in [3.8, 4) is 0 Å². The average molecular weight is 598 g/mol. The van der Waals surface area contributed by atoms with Gasteiger partial charge in [-0.2, -0.15) is 0 Å². The first-order valence-electron chi connectivity index (χ1n) is 14.5. The minimum Gasteiger partial charge on any atom is -0.458 e. The molecule has 10 heteroatoms. The second-order valence-corrected chi connectivity index (χ2v) is 12.6. The topological polar surface area (TPSA) is 134 Å². The molecule has 0 saturated carbocycles. The summed E-state index contributed by atoms with van der Waals surface area (Å²) in [6, 6.07) is 11.3. The van der Waals surface area contributed by atoms with Crippen LogP contribution in [0.4, 0.5) is 4.79 Å². The Balaban J connectivity index is 2.55. The lowest BCUT2D eigenvalue weighted by atomic mass is 9.93. The monoisotopic (exact) mass is 597 g/mol. The van der Waals surface area contributed by atoms with Gasteiger partial charge in [0.1, 0.15) is 29.3 Å². The van der Waals surface area contributed by atoms with Crippen molar-refractivity contribution in [2.75, 3.05) is 13.2 Å². The molecule has 2 aromatic carbocycles. The maximum absolute atomic E-state index is 14.3. The highest BCUT2D eigenvalue weighted by atomic mass is 16.6. The first-order valence-corrected chi connectivity index (χ1v) is 14.5. The summed E-state index contributed by atoms with van der Waals surface area (Å²) in [5, 5.41) is 15.4. The maximum Gasteiger partial charge on any atom is 0.408 e. The van der Waals surface area contributed by atoms with Crippen molar-refractivity contribution in [1.29, 1.82) is 0 Å². The number of esters is 1. The summed E-state index contributed by atoms with van der Waals surface area (Å²) in [6.07, 6.45) is -0.635. The Morgan fingerprint density at radius 1 is 0.837 bits per heavy atom. The first kappa shape index (κ1) is 35.3. The molecule has 2 aromatic rings. The van der Waals surface area contributed by atoms with Gasteiger partial charge in [-0.3, -0.25) is 9.59 Å². The molecular weight excluding hydrogens is 550 g/mol. The molecule has 0 aliphatic rings. The van der Waals surface area contributed by atoms with E-state index in [-0.39, 0.29) is 13.0 Å². The number of amides is 3. The summed E-state index contributed by atoms with van der Waals surface area (Å²) in [5.41, 5.74) is 1.24. The highest BCUT2D eigenvalue weighted by molar-refractivity contribution is 5.94. The molecule has 0 saturated heterocycles. The lowest BCUT2D eigenvalue weighted by molar-refractivity contribution is -0.159. The number of aliphatic hydroxyl groups excluding tert-OH is 1. The minimum atomic E-state index is -1.23. The molecule has 0 aromatic heterocycles. The molecule has 2 rings (SSSR count). The third-order valence-corrected chi connectivity index (χ3v) is 6.39. The van der Waals surface area contributed by atoms with Crippen molar-refractivity contribution in [2.24, 2.45) is 0 Å². The molecule has 0 spiro atoms. The number of benzene rings is 2. The van der Waals surface area contributed by atoms with Crippen molar-refractivity contribution >= 4 is 23.9 Å². The summed E-state index contributed by atoms with van der Waals surface area (Å²) < 4.78 is 11.0. The fourth-order valence-corrected chi connectivity index (χ4v) is 4.62. The van der Waals surface area contributed by atoms with Gasteiger partial charge >= 0.3 is 12.1 Å². The van der Waals surface area contributed by atoms with Gasteiger partial charge in [-0.15, -0.1) is 0 Å². The maximum atomic E-state index is 14.3. The van der Waals surface area contributed by atoms with E-state index in [2.05, 4.69) is 10.6 Å². The van der Waals surface area contributed by atoms with Gasteiger partial charge in [0, 0.05) is 13.0 Å². The SMILES string of the molecule is Cc1cccc(C)c1C(C(=O)NC(Cc1ccccc1)C(=O)OC(C)(C)C)N(CCO)C(=O)C(C)NC(=O)OC(C)(C)C. The van der Waals surface area contributed by atoms with Crippen LogP contribution in [0.5, 0.6) is 0 Å². The van der Waals surface area contributed by atoms with Crippen LogP contribution in [0.25, 0.3) is 0 Å². The smallest absolute Gasteiger partial charge is 0.408 e. The zero-order chi connectivity index (χ0) is 32.5. The Hall–Kier alpha value is -3.92. The van der Waals surface area contributed by atoms with Crippen LogP contribution in [-0.2, 0) is 30.3 Å². The van der Waals surface area contributed by atoms with E-state index in [1.807, 2.05) is 62.4 Å². The zero-order valence-corrected chi connectivity index (χ0v) is 26.8. The molecule has 0 bridgehead atoms. The molecule has 0 aliphatic carbocycles. The van der Waals surface area contributed by atoms with Crippen molar-refractivity contribution < 1.29 is 33.8 Å². The quantitative estimate of drug-likeness (QED) is 0.331. The van der Waals surface area contributed by atoms with Crippen LogP contribution in [0, 0.1) is 13.8 Å². The van der Waals surface area contributed by atoms with E-state index in [9.17, 15) is 24.3 Å². The molecule has 3 unspecified atom stereocenters. The number of ether oxygens (including phenoxy) is 2. The summed E-state index contributed by atoms with van der Waals surface area (Å²) >= 11 is 0. The summed E-state index contributed by atoms with van der Waals surface area (Å²) in [7, 11) is 0. The van der Waals surface area contributed by atoms with Crippen LogP contribution in [0.3, 0.4) is 0 Å². The largest absolute Gasteiger partial charge is 0.458 e. The zero-order valence-electron chi connectivity index (χ0n) is 26.8. The van der Waals surface area contributed by atoms with Crippen molar-refractivity contribution in [2.45, 2.75) is 98.1 Å². The van der Waals surface area contributed by atoms with E-state index in [0.717, 1.165) is 16.7 Å². The van der Waals surface area contributed by atoms with E-state index in [1.54, 1.807) is 41.5 Å². The second-order valence-electron chi connectivity index (χ2n) is 12.6. The molecule has 10 nitrogen and oxygen atoms in total. The van der Waals surface area contributed by atoms with E-state index in [1.165, 1.54) is 11.8 Å². The number of carbonyl (C=O) groups is 4. The van der Waals surface area contributed by atoms with Crippen LogP contribution in [0.2, 0.25) is 0 Å². The average Bonchev–Trinajstić information content (AvgIpc) is 2.87. The van der Waals surface area contributed by atoms with Gasteiger partial charge in [-0.1, -0.05) is 48.5 Å². The molecule has 236 valence electrons. The number of aliphatic hydroxyl groups is 1. The van der Waals surface area contributed by atoms with Crippen molar-refractivity contribution in [3.63, 3.8) is 0 Å². The van der Waals surface area contributed by atoms with Crippen LogP contribution in [-0.4, -0.2) is 70.3 Å². The number of nitrogens with one attached hydrogen (secondary N) is 2. The van der Waals surface area contributed by atoms with Gasteiger partial charge in [0.2, 0.25) is 11.8 Å². The van der Waals surface area contributed by atoms with Crippen LogP contribution in [0.15, 0.2) is 48.5 Å². The molecular formula is C33H47N3O7. The number of hydrogen-bond acceptors (Lipinski definition) is 7. The van der Waals surface area contributed by atoms with Crippen LogP contribution < -0.4 is 10.6 Å². The fourth-order valence-electron chi connectivity index (χ4n) is 4.62. The fraction of sp³-hybridized carbons (Fsp3) is 0.515. The number of alkyl carbamates (subject to hydrolysis) is 1. The van der Waals surface area contributed by atoms with Gasteiger partial charge in [0.25, 0.3) is 0 Å². The molecule has 0 fully saturated rings. The Kier molecular flexibility index (Phi) is 12.3. The minimum absolute atomic E-state index is 0.158. The molecule has 0 heterocycles. The summed E-state index contributed by atoms with van der Waals surface area (Å²) in [5.74, 6) is -1.86. The lowest BCUT2D eigenvalue weighted by Gasteiger charge is -2.35. The normalized spacial score (nSPS) is 13.7. The summed E-state index contributed by atoms with van der Waals surface area (Å²) in [6.45, 7) is 14.8. The molecule has 3 atom stereocenters. The number of carbonyl (C=O) groups excluding carboxylic acids is 4. The Morgan fingerprint density at radius 3 is 1.91 bits per heavy atom. The van der Waals surface area contributed by atoms with Crippen molar-refractivity contribution in [3.05, 3.63) is 70.8 Å². The molecule has 0 aliphatic heterocycles. The first-order chi connectivity index (χ1) is 19.9. The third kappa shape index (κ3) is 11.0. The predicted octanol–water partition coefficient (Wildman–Crippen LogP) is 4.15. The number of rotatable bonds is 11. The van der Waals surface area contributed by atoms with E-state index < -0.39 is 59.8 Å². The molecule has 43 heavy (non-hydrogen) atoms. The van der Waals surface area contributed by atoms with Crippen LogP contribution in [0.1, 0.15) is 76.8 Å². The van der Waals surface area contributed by atoms with Crippen LogP contribution >= 0.6 is 0 Å². The van der Waals surface area contributed by atoms with Gasteiger partial charge in [0.05, 0.1) is 6.61 Å². The number of aryl methyl sites for hydroxylation is 2. The standard InChI is InChI=1S/C33H47N3O7/c1-21-14-13-15-22(2)26(21)27(36(18-19-37)29(39)23(3)34-31(41)43-33(7,8)9)28(38)35-25(30(40)42-32(4,5)6)20-24-16-11-10-12-17-24/h10-17,23,25,27,37H,18-20H2,1-9H3,(H,34,41)(H,35,38). The number of nitrogens with zero attached hydrogens (tertiary/aromatic N) is 1. The molecule has 3 N–H and O–H groups in total. The van der Waals surface area contributed by atoms with Gasteiger partial charge < -0.3 is 30.1 Å². The Labute approximate surface area is 255 Å². The van der Waals surface area contributed by atoms with Gasteiger partial charge in [0.15, 0.2) is 0 Å². The third-order valence-electron chi connectivity index (χ3n) is 6.39. The van der Waals surface area contributed by atoms with Crippen molar-refractivity contribution in [1.82, 2.24) is 15.5 Å². The van der Waals surface area contributed by atoms with E-state index in [0.29, 0.717) is 5.56 Å². The highest BCUT2D eigenvalue weighted by Gasteiger charge is 2.38. The predicted molar refractivity (Wildman–Crippen MR) is 164 cm³/mol. The van der Waals surface area contributed by atoms with Gasteiger partial charge in [-0.25, -0.2) is 9.59 Å². The lowest BCUT2D eigenvalue weighted by Crippen LogP contribution is -2.55. The van der Waals surface area contributed by atoms with E-state index in [4.69, 9.17) is 9.47 Å². The van der Waals surface area contributed by atoms with Gasteiger partial charge in [-0.05, 0) is 84.6 Å². The molecule has 3 amide bonds. The second kappa shape index (κ2) is 15.0. The molecule has 0 radical (unpaired) electrons. The van der Waals surface area contributed by atoms with E-state index >= 15 is 0 Å². The summed E-state index contributed by atoms with van der Waals surface area (Å²) in [4.78, 5) is 55.1.